The molecule has 1 aliphatic heterocycles. The van der Waals surface area contributed by atoms with Gasteiger partial charge in [-0.15, -0.1) is 0 Å². The summed E-state index contributed by atoms with van der Waals surface area (Å²) in [7, 11) is 2.15. The second-order valence-corrected chi connectivity index (χ2v) is 4.08. The zero-order valence-corrected chi connectivity index (χ0v) is 8.87. The molecule has 0 radical (unpaired) electrons. The Bertz CT molecular complexity index is 182. The van der Waals surface area contributed by atoms with Gasteiger partial charge in [0.2, 0.25) is 0 Å². The first-order chi connectivity index (χ1) is 6.29. The summed E-state index contributed by atoms with van der Waals surface area (Å²) < 4.78 is 0. The van der Waals surface area contributed by atoms with E-state index in [9.17, 15) is 0 Å². The van der Waals surface area contributed by atoms with Crippen molar-refractivity contribution in [1.82, 2.24) is 4.90 Å². The highest BCUT2D eigenvalue weighted by molar-refractivity contribution is 5.01. The minimum Gasteiger partial charge on any atom is -0.380 e. The lowest BCUT2D eigenvalue weighted by Gasteiger charge is -2.16. The highest BCUT2D eigenvalue weighted by atomic mass is 15.1. The van der Waals surface area contributed by atoms with Crippen molar-refractivity contribution in [2.24, 2.45) is 5.92 Å². The topological polar surface area (TPSA) is 3.24 Å². The number of hydrogen-bond acceptors (Lipinski definition) is 1. The first-order valence-electron chi connectivity index (χ1n) is 5.32. The maximum absolute atomic E-state index is 2.36. The van der Waals surface area contributed by atoms with Crippen molar-refractivity contribution in [2.45, 2.75) is 32.6 Å². The molecule has 1 nitrogen and oxygen atoms in total. The van der Waals surface area contributed by atoms with Gasteiger partial charge < -0.3 is 4.90 Å². The summed E-state index contributed by atoms with van der Waals surface area (Å²) in [5, 5.41) is 0. The summed E-state index contributed by atoms with van der Waals surface area (Å²) in [5.74, 6) is 0.877. The van der Waals surface area contributed by atoms with Gasteiger partial charge in [-0.25, -0.2) is 0 Å². The maximum atomic E-state index is 2.36. The normalized spacial score (nSPS) is 30.6. The molecular formula is C12H21N. The van der Waals surface area contributed by atoms with Crippen molar-refractivity contribution in [3.8, 4) is 0 Å². The smallest absolute Gasteiger partial charge is 0.0171 e. The second-order valence-electron chi connectivity index (χ2n) is 4.08. The van der Waals surface area contributed by atoms with Crippen molar-refractivity contribution >= 4 is 0 Å². The van der Waals surface area contributed by atoms with Gasteiger partial charge >= 0.3 is 0 Å². The van der Waals surface area contributed by atoms with E-state index in [0.29, 0.717) is 0 Å². The minimum atomic E-state index is 0.877. The van der Waals surface area contributed by atoms with Crippen LogP contribution in [0.5, 0.6) is 0 Å². The van der Waals surface area contributed by atoms with Crippen LogP contribution >= 0.6 is 0 Å². The lowest BCUT2D eigenvalue weighted by molar-refractivity contribution is 0.376. The average molecular weight is 179 g/mol. The van der Waals surface area contributed by atoms with E-state index >= 15 is 0 Å². The fourth-order valence-corrected chi connectivity index (χ4v) is 1.60. The quantitative estimate of drug-likeness (QED) is 0.552. The summed E-state index contributed by atoms with van der Waals surface area (Å²) in [5.41, 5.74) is 0. The largest absolute Gasteiger partial charge is 0.380 e. The predicted molar refractivity (Wildman–Crippen MR) is 58.5 cm³/mol. The summed E-state index contributed by atoms with van der Waals surface area (Å²) in [6.07, 6.45) is 14.0. The summed E-state index contributed by atoms with van der Waals surface area (Å²) in [6, 6.07) is 0. The molecule has 0 amide bonds. The Labute approximate surface area is 82.1 Å². The van der Waals surface area contributed by atoms with E-state index in [0.717, 1.165) is 5.92 Å². The monoisotopic (exact) mass is 179 g/mol. The van der Waals surface area contributed by atoms with Crippen LogP contribution in [0.4, 0.5) is 0 Å². The van der Waals surface area contributed by atoms with Crippen LogP contribution in [-0.2, 0) is 0 Å². The Kier molecular flexibility index (Phi) is 4.66. The molecule has 0 bridgehead atoms. The van der Waals surface area contributed by atoms with Crippen molar-refractivity contribution < 1.29 is 0 Å². The third-order valence-electron chi connectivity index (χ3n) is 2.63. The molecule has 0 fully saturated rings. The highest BCUT2D eigenvalue weighted by Crippen LogP contribution is 2.13. The Morgan fingerprint density at radius 3 is 2.92 bits per heavy atom. The van der Waals surface area contributed by atoms with Gasteiger partial charge in [-0.1, -0.05) is 25.5 Å². The van der Waals surface area contributed by atoms with Gasteiger partial charge in [0, 0.05) is 13.6 Å². The van der Waals surface area contributed by atoms with E-state index in [-0.39, 0.29) is 0 Å². The third kappa shape index (κ3) is 4.76. The van der Waals surface area contributed by atoms with Crippen LogP contribution in [0, 0.1) is 5.92 Å². The van der Waals surface area contributed by atoms with Crippen LogP contribution in [0.3, 0.4) is 0 Å². The molecule has 13 heavy (non-hydrogen) atoms. The molecule has 1 heterocycles. The summed E-state index contributed by atoms with van der Waals surface area (Å²) in [4.78, 5) is 2.27. The number of allylic oxidation sites excluding steroid dienone is 3. The molecule has 1 atom stereocenters. The van der Waals surface area contributed by atoms with Crippen LogP contribution in [0.1, 0.15) is 32.6 Å². The van der Waals surface area contributed by atoms with Gasteiger partial charge in [0.15, 0.2) is 0 Å². The Morgan fingerprint density at radius 1 is 1.23 bits per heavy atom. The second kappa shape index (κ2) is 5.85. The zero-order valence-electron chi connectivity index (χ0n) is 8.87. The lowest BCUT2D eigenvalue weighted by atomic mass is 10.0. The molecular weight excluding hydrogens is 158 g/mol. The predicted octanol–water partition coefficient (Wildman–Crippen LogP) is 3.20. The molecule has 0 N–H and O–H groups in total. The van der Waals surface area contributed by atoms with E-state index in [2.05, 4.69) is 43.3 Å². The van der Waals surface area contributed by atoms with Gasteiger partial charge in [-0.2, -0.15) is 0 Å². The van der Waals surface area contributed by atoms with Gasteiger partial charge in [0.05, 0.1) is 0 Å². The molecule has 0 aromatic carbocycles. The van der Waals surface area contributed by atoms with E-state index in [1.807, 2.05) is 0 Å². The van der Waals surface area contributed by atoms with E-state index in [4.69, 9.17) is 0 Å². The van der Waals surface area contributed by atoms with E-state index in [1.165, 1.54) is 32.2 Å². The van der Waals surface area contributed by atoms with Crippen LogP contribution in [0.25, 0.3) is 0 Å². The number of rotatable bonds is 0. The van der Waals surface area contributed by atoms with Crippen molar-refractivity contribution in [3.05, 3.63) is 24.4 Å². The molecule has 1 rings (SSSR count). The van der Waals surface area contributed by atoms with Gasteiger partial charge in [-0.05, 0) is 37.5 Å². The maximum Gasteiger partial charge on any atom is 0.0171 e. The van der Waals surface area contributed by atoms with Crippen molar-refractivity contribution in [2.75, 3.05) is 13.6 Å². The molecule has 1 unspecified atom stereocenters. The standard InChI is InChI=1S/C12H21N/c1-12-8-6-4-3-5-7-10-13(2)11-9-12/h3,5,7,10,12H,4,6,8-9,11H2,1-2H3/b5-3+,10-7-. The molecule has 1 aliphatic rings. The van der Waals surface area contributed by atoms with Crippen molar-refractivity contribution in [3.63, 3.8) is 0 Å². The molecule has 74 valence electrons. The fraction of sp³-hybridized carbons (Fsp3) is 0.667. The third-order valence-corrected chi connectivity index (χ3v) is 2.63. The summed E-state index contributed by atoms with van der Waals surface area (Å²) in [6.45, 7) is 3.55. The molecule has 0 spiro atoms. The molecule has 0 saturated heterocycles. The van der Waals surface area contributed by atoms with Crippen LogP contribution in [0.15, 0.2) is 24.4 Å². The minimum absolute atomic E-state index is 0.877. The van der Waals surface area contributed by atoms with Crippen LogP contribution in [-0.4, -0.2) is 18.5 Å². The van der Waals surface area contributed by atoms with Gasteiger partial charge in [-0.3, -0.25) is 0 Å². The average Bonchev–Trinajstić information content (AvgIpc) is 2.15. The Balaban J connectivity index is 2.43. The Hall–Kier alpha value is -0.720. The Morgan fingerprint density at radius 2 is 2.08 bits per heavy atom. The fourth-order valence-electron chi connectivity index (χ4n) is 1.60. The SMILES string of the molecule is CC1CCC/C=C/C=C\N(C)CC1. The summed E-state index contributed by atoms with van der Waals surface area (Å²) >= 11 is 0. The van der Waals surface area contributed by atoms with Gasteiger partial charge in [0.1, 0.15) is 0 Å². The molecule has 0 saturated carbocycles. The lowest BCUT2D eigenvalue weighted by Crippen LogP contribution is -2.14. The first kappa shape index (κ1) is 10.4. The van der Waals surface area contributed by atoms with Crippen LogP contribution < -0.4 is 0 Å². The molecule has 1 heteroatoms. The molecule has 0 aliphatic carbocycles. The van der Waals surface area contributed by atoms with E-state index < -0.39 is 0 Å². The van der Waals surface area contributed by atoms with Crippen molar-refractivity contribution in [1.29, 1.82) is 0 Å². The zero-order chi connectivity index (χ0) is 9.52. The molecule has 0 aromatic heterocycles. The van der Waals surface area contributed by atoms with Gasteiger partial charge in [0.25, 0.3) is 0 Å². The van der Waals surface area contributed by atoms with Crippen LogP contribution in [0.2, 0.25) is 0 Å². The highest BCUT2D eigenvalue weighted by Gasteiger charge is 2.02. The molecule has 0 aromatic rings. The first-order valence-corrected chi connectivity index (χ1v) is 5.32. The van der Waals surface area contributed by atoms with E-state index in [1.54, 1.807) is 0 Å². The number of nitrogens with zero attached hydrogens (tertiary/aromatic N) is 1. The number of hydrogen-bond donors (Lipinski definition) is 0.